The van der Waals surface area contributed by atoms with E-state index in [-0.39, 0.29) is 5.82 Å². The molecule has 3 aromatic rings. The highest BCUT2D eigenvalue weighted by Gasteiger charge is 2.14. The summed E-state index contributed by atoms with van der Waals surface area (Å²) in [4.78, 5) is 4.60. The van der Waals surface area contributed by atoms with Gasteiger partial charge < -0.3 is 0 Å². The lowest BCUT2D eigenvalue weighted by molar-refractivity contribution is 0.628. The van der Waals surface area contributed by atoms with Crippen molar-refractivity contribution in [2.45, 2.75) is 12.8 Å². The molecular weight excluding hydrogens is 263 g/mol. The van der Waals surface area contributed by atoms with Gasteiger partial charge in [-0.1, -0.05) is 6.07 Å². The molecule has 1 aromatic carbocycles. The third kappa shape index (κ3) is 2.00. The number of halogens is 2. The van der Waals surface area contributed by atoms with E-state index in [1.165, 1.54) is 12.1 Å². The average molecular weight is 275 g/mol. The highest BCUT2D eigenvalue weighted by molar-refractivity contribution is 6.17. The first-order chi connectivity index (χ1) is 9.20. The lowest BCUT2D eigenvalue weighted by Crippen LogP contribution is -1.95. The number of rotatable bonds is 2. The quantitative estimate of drug-likeness (QED) is 0.641. The van der Waals surface area contributed by atoms with E-state index < -0.39 is 0 Å². The van der Waals surface area contributed by atoms with Crippen molar-refractivity contribution in [1.82, 2.24) is 9.38 Å². The molecule has 3 rings (SSSR count). The first kappa shape index (κ1) is 12.2. The standard InChI is InChI=1S/C15H12ClFN2/c1-10-3-2-4-14-18-15(13(9-16)19(10)14)11-5-7-12(17)8-6-11/h2-8H,9H2,1H3. The maximum Gasteiger partial charge on any atom is 0.137 e. The van der Waals surface area contributed by atoms with Gasteiger partial charge in [-0.2, -0.15) is 0 Å². The van der Waals surface area contributed by atoms with Crippen LogP contribution in [0.2, 0.25) is 0 Å². The Hall–Kier alpha value is -1.87. The molecule has 0 radical (unpaired) electrons. The summed E-state index contributed by atoms with van der Waals surface area (Å²) >= 11 is 6.07. The molecule has 2 heterocycles. The molecule has 0 amide bonds. The van der Waals surface area contributed by atoms with Crippen LogP contribution in [0, 0.1) is 12.7 Å². The lowest BCUT2D eigenvalue weighted by Gasteiger charge is -2.04. The normalized spacial score (nSPS) is 11.1. The fourth-order valence-electron chi connectivity index (χ4n) is 2.29. The van der Waals surface area contributed by atoms with Crippen LogP contribution in [-0.2, 0) is 5.88 Å². The van der Waals surface area contributed by atoms with Crippen LogP contribution in [-0.4, -0.2) is 9.38 Å². The Kier molecular flexibility index (Phi) is 2.99. The van der Waals surface area contributed by atoms with Gasteiger partial charge in [0.25, 0.3) is 0 Å². The molecule has 0 aliphatic carbocycles. The summed E-state index contributed by atoms with van der Waals surface area (Å²) < 4.78 is 15.0. The molecular formula is C15H12ClFN2. The molecule has 0 bridgehead atoms. The van der Waals surface area contributed by atoms with Gasteiger partial charge in [-0.05, 0) is 43.3 Å². The molecule has 4 heteroatoms. The van der Waals surface area contributed by atoms with Crippen molar-refractivity contribution in [3.05, 3.63) is 59.7 Å². The molecule has 0 N–H and O–H groups in total. The summed E-state index contributed by atoms with van der Waals surface area (Å²) in [5.74, 6) is 0.106. The van der Waals surface area contributed by atoms with Crippen molar-refractivity contribution < 1.29 is 4.39 Å². The second kappa shape index (κ2) is 4.67. The van der Waals surface area contributed by atoms with Gasteiger partial charge in [-0.3, -0.25) is 4.40 Å². The first-order valence-electron chi connectivity index (χ1n) is 5.99. The summed E-state index contributed by atoms with van der Waals surface area (Å²) in [6, 6.07) is 12.2. The van der Waals surface area contributed by atoms with Crippen LogP contribution in [0.3, 0.4) is 0 Å². The number of hydrogen-bond donors (Lipinski definition) is 0. The topological polar surface area (TPSA) is 17.3 Å². The van der Waals surface area contributed by atoms with Crippen LogP contribution < -0.4 is 0 Å². The zero-order valence-electron chi connectivity index (χ0n) is 10.4. The van der Waals surface area contributed by atoms with Gasteiger partial charge in [0, 0.05) is 11.3 Å². The predicted octanol–water partition coefficient (Wildman–Crippen LogP) is 4.19. The SMILES string of the molecule is Cc1cccc2nc(-c3ccc(F)cc3)c(CCl)n12. The number of aryl methyl sites for hydroxylation is 1. The van der Waals surface area contributed by atoms with Crippen LogP contribution in [0.25, 0.3) is 16.9 Å². The average Bonchev–Trinajstić information content (AvgIpc) is 2.79. The smallest absolute Gasteiger partial charge is 0.137 e. The van der Waals surface area contributed by atoms with E-state index in [1.54, 1.807) is 12.1 Å². The Morgan fingerprint density at radius 2 is 1.89 bits per heavy atom. The number of alkyl halides is 1. The van der Waals surface area contributed by atoms with Crippen LogP contribution >= 0.6 is 11.6 Å². The van der Waals surface area contributed by atoms with Crippen molar-refractivity contribution >= 4 is 17.2 Å². The van der Waals surface area contributed by atoms with Gasteiger partial charge in [-0.25, -0.2) is 9.37 Å². The zero-order chi connectivity index (χ0) is 13.4. The molecule has 0 unspecified atom stereocenters. The molecule has 0 spiro atoms. The summed E-state index contributed by atoms with van der Waals surface area (Å²) in [6.45, 7) is 2.01. The number of fused-ring (bicyclic) bond motifs is 1. The maximum atomic E-state index is 13.0. The maximum absolute atomic E-state index is 13.0. The number of nitrogens with zero attached hydrogens (tertiary/aromatic N) is 2. The van der Waals surface area contributed by atoms with E-state index in [4.69, 9.17) is 11.6 Å². The van der Waals surface area contributed by atoms with E-state index in [9.17, 15) is 4.39 Å². The van der Waals surface area contributed by atoms with E-state index in [2.05, 4.69) is 4.98 Å². The molecule has 0 saturated heterocycles. The van der Waals surface area contributed by atoms with Gasteiger partial charge in [0.1, 0.15) is 11.5 Å². The van der Waals surface area contributed by atoms with Crippen molar-refractivity contribution in [3.8, 4) is 11.3 Å². The lowest BCUT2D eigenvalue weighted by atomic mass is 10.1. The first-order valence-corrected chi connectivity index (χ1v) is 6.53. The van der Waals surface area contributed by atoms with Crippen LogP contribution in [0.15, 0.2) is 42.5 Å². The molecule has 0 aliphatic heterocycles. The highest BCUT2D eigenvalue weighted by atomic mass is 35.5. The van der Waals surface area contributed by atoms with Gasteiger partial charge in [0.15, 0.2) is 0 Å². The van der Waals surface area contributed by atoms with E-state index in [0.717, 1.165) is 28.3 Å². The largest absolute Gasteiger partial charge is 0.299 e. The van der Waals surface area contributed by atoms with Crippen molar-refractivity contribution in [3.63, 3.8) is 0 Å². The van der Waals surface area contributed by atoms with E-state index in [0.29, 0.717) is 5.88 Å². The molecule has 96 valence electrons. The van der Waals surface area contributed by atoms with Crippen molar-refractivity contribution in [1.29, 1.82) is 0 Å². The number of hydrogen-bond acceptors (Lipinski definition) is 1. The number of pyridine rings is 1. The van der Waals surface area contributed by atoms with Crippen molar-refractivity contribution in [2.75, 3.05) is 0 Å². The molecule has 0 aliphatic rings. The monoisotopic (exact) mass is 274 g/mol. The van der Waals surface area contributed by atoms with Gasteiger partial charge >= 0.3 is 0 Å². The number of aromatic nitrogens is 2. The summed E-state index contributed by atoms with van der Waals surface area (Å²) in [5, 5.41) is 0. The fraction of sp³-hybridized carbons (Fsp3) is 0.133. The van der Waals surface area contributed by atoms with Crippen LogP contribution in [0.4, 0.5) is 4.39 Å². The fourth-order valence-corrected chi connectivity index (χ4v) is 2.53. The van der Waals surface area contributed by atoms with Gasteiger partial charge in [0.2, 0.25) is 0 Å². The third-order valence-electron chi connectivity index (χ3n) is 3.18. The minimum absolute atomic E-state index is 0.254. The van der Waals surface area contributed by atoms with Gasteiger partial charge in [-0.15, -0.1) is 11.6 Å². The molecule has 2 aromatic heterocycles. The third-order valence-corrected chi connectivity index (χ3v) is 3.43. The summed E-state index contributed by atoms with van der Waals surface area (Å²) in [7, 11) is 0. The highest BCUT2D eigenvalue weighted by Crippen LogP contribution is 2.26. The Morgan fingerprint density at radius 3 is 2.58 bits per heavy atom. The molecule has 0 atom stereocenters. The Morgan fingerprint density at radius 1 is 1.16 bits per heavy atom. The second-order valence-corrected chi connectivity index (χ2v) is 4.68. The van der Waals surface area contributed by atoms with E-state index in [1.807, 2.05) is 29.5 Å². The summed E-state index contributed by atoms with van der Waals surface area (Å²) in [5.41, 5.74) is 4.55. The molecule has 2 nitrogen and oxygen atoms in total. The van der Waals surface area contributed by atoms with E-state index >= 15 is 0 Å². The van der Waals surface area contributed by atoms with Crippen molar-refractivity contribution in [2.24, 2.45) is 0 Å². The molecule has 0 saturated carbocycles. The van der Waals surface area contributed by atoms with Gasteiger partial charge in [0.05, 0.1) is 17.3 Å². The molecule has 0 fully saturated rings. The molecule has 19 heavy (non-hydrogen) atoms. The Balaban J connectivity index is 2.29. The Labute approximate surface area is 115 Å². The Bertz CT molecular complexity index is 732. The number of imidazole rings is 1. The minimum atomic E-state index is -0.254. The van der Waals surface area contributed by atoms with Crippen LogP contribution in [0.5, 0.6) is 0 Å². The van der Waals surface area contributed by atoms with Crippen LogP contribution in [0.1, 0.15) is 11.4 Å². The predicted molar refractivity (Wildman–Crippen MR) is 74.9 cm³/mol. The summed E-state index contributed by atoms with van der Waals surface area (Å²) in [6.07, 6.45) is 0. The number of benzene rings is 1. The minimum Gasteiger partial charge on any atom is -0.299 e. The second-order valence-electron chi connectivity index (χ2n) is 4.41. The zero-order valence-corrected chi connectivity index (χ0v) is 11.2.